The van der Waals surface area contributed by atoms with E-state index in [1.807, 2.05) is 42.5 Å². The fourth-order valence-corrected chi connectivity index (χ4v) is 3.52. The van der Waals surface area contributed by atoms with Crippen LogP contribution in [0.2, 0.25) is 0 Å². The summed E-state index contributed by atoms with van der Waals surface area (Å²) in [6.07, 6.45) is 0.413. The van der Waals surface area contributed by atoms with Crippen molar-refractivity contribution < 1.29 is 9.53 Å². The molecule has 0 saturated heterocycles. The zero-order chi connectivity index (χ0) is 17.6. The van der Waals surface area contributed by atoms with Gasteiger partial charge in [-0.15, -0.1) is 11.8 Å². The Bertz CT molecular complexity index is 896. The van der Waals surface area contributed by atoms with Crippen LogP contribution in [0, 0.1) is 6.92 Å². The van der Waals surface area contributed by atoms with Crippen LogP contribution in [-0.2, 0) is 4.79 Å². The van der Waals surface area contributed by atoms with E-state index in [0.717, 1.165) is 10.5 Å². The number of pyridine rings is 1. The maximum Gasteiger partial charge on any atom is 0.225 e. The predicted molar refractivity (Wildman–Crippen MR) is 103 cm³/mol. The van der Waals surface area contributed by atoms with Gasteiger partial charge in [-0.05, 0) is 36.8 Å². The van der Waals surface area contributed by atoms with Crippen LogP contribution < -0.4 is 10.1 Å². The first-order chi connectivity index (χ1) is 12.2. The Kier molecular flexibility index (Phi) is 5.56. The van der Waals surface area contributed by atoms with Gasteiger partial charge in [0.1, 0.15) is 5.75 Å². The topological polar surface area (TPSA) is 51.2 Å². The summed E-state index contributed by atoms with van der Waals surface area (Å²) >= 11 is 1.60. The summed E-state index contributed by atoms with van der Waals surface area (Å²) in [4.78, 5) is 16.8. The minimum Gasteiger partial charge on any atom is -0.495 e. The van der Waals surface area contributed by atoms with Crippen molar-refractivity contribution >= 4 is 34.3 Å². The number of thioether (sulfide) groups is 1. The minimum absolute atomic E-state index is 0.0329. The number of carbonyl (C=O) groups excluding carboxylic acids is 1. The molecule has 0 unspecified atom stereocenters. The molecule has 0 aliphatic heterocycles. The zero-order valence-corrected chi connectivity index (χ0v) is 15.1. The van der Waals surface area contributed by atoms with Crippen LogP contribution in [0.1, 0.15) is 12.0 Å². The van der Waals surface area contributed by atoms with Gasteiger partial charge in [-0.1, -0.05) is 30.3 Å². The third kappa shape index (κ3) is 4.31. The highest BCUT2D eigenvalue weighted by Crippen LogP contribution is 2.25. The molecule has 1 heterocycles. The summed E-state index contributed by atoms with van der Waals surface area (Å²) in [6.45, 7) is 2.09. The second kappa shape index (κ2) is 8.03. The number of ether oxygens (including phenoxy) is 1. The number of aryl methyl sites for hydroxylation is 1. The van der Waals surface area contributed by atoms with Crippen LogP contribution in [0.4, 0.5) is 5.69 Å². The van der Waals surface area contributed by atoms with Crippen molar-refractivity contribution in [2.45, 2.75) is 18.4 Å². The molecule has 128 valence electrons. The molecule has 1 amide bonds. The molecule has 0 saturated carbocycles. The summed E-state index contributed by atoms with van der Waals surface area (Å²) in [7, 11) is 1.59. The molecule has 0 radical (unpaired) electrons. The number of benzene rings is 2. The van der Waals surface area contributed by atoms with Crippen LogP contribution in [0.3, 0.4) is 0 Å². The van der Waals surface area contributed by atoms with Gasteiger partial charge in [0.2, 0.25) is 5.91 Å². The van der Waals surface area contributed by atoms with Gasteiger partial charge < -0.3 is 10.1 Å². The van der Waals surface area contributed by atoms with Crippen molar-refractivity contribution in [1.82, 2.24) is 4.98 Å². The molecule has 1 aromatic heterocycles. The van der Waals surface area contributed by atoms with E-state index in [-0.39, 0.29) is 5.91 Å². The predicted octanol–water partition coefficient (Wildman–Crippen LogP) is 4.67. The average molecular weight is 352 g/mol. The third-order valence-electron chi connectivity index (χ3n) is 3.86. The minimum atomic E-state index is -0.0329. The molecule has 3 rings (SSSR count). The standard InChI is InChI=1S/C20H20N2O2S/c1-14-13-20(22-16-8-4-3-7-15(14)16)25-12-11-19(23)21-17-9-5-6-10-18(17)24-2/h3-10,13H,11-12H2,1-2H3,(H,21,23). The Balaban J connectivity index is 1.58. The number of hydrogen-bond acceptors (Lipinski definition) is 4. The van der Waals surface area contributed by atoms with Crippen LogP contribution in [0.25, 0.3) is 10.9 Å². The fourth-order valence-electron chi connectivity index (χ4n) is 2.60. The van der Waals surface area contributed by atoms with E-state index in [0.29, 0.717) is 23.6 Å². The highest BCUT2D eigenvalue weighted by atomic mass is 32.2. The van der Waals surface area contributed by atoms with Gasteiger partial charge in [-0.2, -0.15) is 0 Å². The lowest BCUT2D eigenvalue weighted by Crippen LogP contribution is -2.12. The van der Waals surface area contributed by atoms with Crippen LogP contribution in [-0.4, -0.2) is 23.8 Å². The molecule has 0 fully saturated rings. The van der Waals surface area contributed by atoms with Crippen molar-refractivity contribution in [3.8, 4) is 5.75 Å². The van der Waals surface area contributed by atoms with Crippen molar-refractivity contribution in [3.63, 3.8) is 0 Å². The molecule has 1 N–H and O–H groups in total. The quantitative estimate of drug-likeness (QED) is 0.655. The summed E-state index contributed by atoms with van der Waals surface area (Å²) < 4.78 is 5.24. The first-order valence-electron chi connectivity index (χ1n) is 8.09. The Hall–Kier alpha value is -2.53. The average Bonchev–Trinajstić information content (AvgIpc) is 2.62. The number of amides is 1. The molecule has 0 aliphatic rings. The number of hydrogen-bond donors (Lipinski definition) is 1. The maximum absolute atomic E-state index is 12.1. The van der Waals surface area contributed by atoms with Crippen molar-refractivity contribution in [1.29, 1.82) is 0 Å². The van der Waals surface area contributed by atoms with E-state index in [4.69, 9.17) is 4.74 Å². The second-order valence-corrected chi connectivity index (χ2v) is 6.76. The van der Waals surface area contributed by atoms with Crippen molar-refractivity contribution in [2.24, 2.45) is 0 Å². The van der Waals surface area contributed by atoms with E-state index in [2.05, 4.69) is 29.4 Å². The normalized spacial score (nSPS) is 10.6. The van der Waals surface area contributed by atoms with E-state index >= 15 is 0 Å². The van der Waals surface area contributed by atoms with E-state index in [9.17, 15) is 4.79 Å². The number of nitrogens with zero attached hydrogens (tertiary/aromatic N) is 1. The SMILES string of the molecule is COc1ccccc1NC(=O)CCSc1cc(C)c2ccccc2n1. The molecular weight excluding hydrogens is 332 g/mol. The molecule has 4 nitrogen and oxygen atoms in total. The Morgan fingerprint density at radius 1 is 1.16 bits per heavy atom. The lowest BCUT2D eigenvalue weighted by molar-refractivity contribution is -0.115. The van der Waals surface area contributed by atoms with E-state index in [1.165, 1.54) is 10.9 Å². The molecule has 0 bridgehead atoms. The second-order valence-electron chi connectivity index (χ2n) is 5.64. The first-order valence-corrected chi connectivity index (χ1v) is 9.08. The largest absolute Gasteiger partial charge is 0.495 e. The van der Waals surface area contributed by atoms with Gasteiger partial charge in [-0.25, -0.2) is 4.98 Å². The molecular formula is C20H20N2O2S. The monoisotopic (exact) mass is 352 g/mol. The number of carbonyl (C=O) groups is 1. The Labute approximate surface area is 151 Å². The molecule has 5 heteroatoms. The number of anilines is 1. The lowest BCUT2D eigenvalue weighted by atomic mass is 10.1. The van der Waals surface area contributed by atoms with Gasteiger partial charge in [0.05, 0.1) is 23.3 Å². The van der Waals surface area contributed by atoms with Crippen LogP contribution in [0.15, 0.2) is 59.6 Å². The zero-order valence-electron chi connectivity index (χ0n) is 14.3. The van der Waals surface area contributed by atoms with E-state index in [1.54, 1.807) is 18.9 Å². The first kappa shape index (κ1) is 17.3. The molecule has 0 aliphatic carbocycles. The fraction of sp³-hybridized carbons (Fsp3) is 0.200. The molecule has 25 heavy (non-hydrogen) atoms. The summed E-state index contributed by atoms with van der Waals surface area (Å²) in [5.74, 6) is 1.30. The summed E-state index contributed by atoms with van der Waals surface area (Å²) in [6, 6.07) is 17.6. The van der Waals surface area contributed by atoms with Crippen LogP contribution >= 0.6 is 11.8 Å². The maximum atomic E-state index is 12.1. The van der Waals surface area contributed by atoms with Gasteiger partial charge in [0.15, 0.2) is 0 Å². The smallest absolute Gasteiger partial charge is 0.225 e. The van der Waals surface area contributed by atoms with Gasteiger partial charge in [0, 0.05) is 17.6 Å². The van der Waals surface area contributed by atoms with Crippen LogP contribution in [0.5, 0.6) is 5.75 Å². The molecule has 3 aromatic rings. The molecule has 0 atom stereocenters. The highest BCUT2D eigenvalue weighted by molar-refractivity contribution is 7.99. The number of methoxy groups -OCH3 is 1. The number of nitrogens with one attached hydrogen (secondary N) is 1. The van der Waals surface area contributed by atoms with Crippen molar-refractivity contribution in [3.05, 3.63) is 60.2 Å². The highest BCUT2D eigenvalue weighted by Gasteiger charge is 2.08. The third-order valence-corrected chi connectivity index (χ3v) is 4.77. The Morgan fingerprint density at radius 2 is 1.92 bits per heavy atom. The van der Waals surface area contributed by atoms with Gasteiger partial charge in [-0.3, -0.25) is 4.79 Å². The van der Waals surface area contributed by atoms with Gasteiger partial charge in [0.25, 0.3) is 0 Å². The van der Waals surface area contributed by atoms with Gasteiger partial charge >= 0.3 is 0 Å². The molecule has 0 spiro atoms. The number of para-hydroxylation sites is 3. The van der Waals surface area contributed by atoms with E-state index < -0.39 is 0 Å². The molecule has 2 aromatic carbocycles. The number of aromatic nitrogens is 1. The lowest BCUT2D eigenvalue weighted by Gasteiger charge is -2.10. The summed E-state index contributed by atoms with van der Waals surface area (Å²) in [5.41, 5.74) is 2.88. The number of fused-ring (bicyclic) bond motifs is 1. The Morgan fingerprint density at radius 3 is 2.76 bits per heavy atom. The summed E-state index contributed by atoms with van der Waals surface area (Å²) in [5, 5.41) is 5.00. The number of rotatable bonds is 6. The van der Waals surface area contributed by atoms with Crippen molar-refractivity contribution in [2.75, 3.05) is 18.2 Å².